The van der Waals surface area contributed by atoms with Crippen LogP contribution in [0.3, 0.4) is 0 Å². The normalized spacial score (nSPS) is 16.9. The molecule has 134 valence electrons. The minimum atomic E-state index is 0.776. The topological polar surface area (TPSA) is 40.1 Å². The molecule has 1 fully saturated rings. The number of likely N-dealkylation sites (tertiary alicyclic amines) is 1. The molecule has 5 heteroatoms. The van der Waals surface area contributed by atoms with Crippen molar-refractivity contribution in [3.63, 3.8) is 0 Å². The predicted octanol–water partition coefficient (Wildman–Crippen LogP) is 2.43. The lowest BCUT2D eigenvalue weighted by molar-refractivity contribution is 0.212. The lowest BCUT2D eigenvalue weighted by Crippen LogP contribution is -2.40. The average molecular weight is 332 g/mol. The Kier molecular flexibility index (Phi) is 7.37. The lowest BCUT2D eigenvalue weighted by Gasteiger charge is -2.29. The molecule has 1 aromatic rings. The predicted molar refractivity (Wildman–Crippen MR) is 101 cm³/mol. The monoisotopic (exact) mass is 332 g/mol. The van der Waals surface area contributed by atoms with Crippen molar-refractivity contribution in [3.8, 4) is 5.75 Å². The number of hydrogen-bond acceptors (Lipinski definition) is 3. The number of rotatable bonds is 6. The zero-order chi connectivity index (χ0) is 17.4. The summed E-state index contributed by atoms with van der Waals surface area (Å²) in [5, 5.41) is 3.51. The number of piperidine rings is 1. The Hall–Kier alpha value is -1.75. The van der Waals surface area contributed by atoms with Gasteiger partial charge >= 0.3 is 0 Å². The molecule has 0 spiro atoms. The minimum absolute atomic E-state index is 0.776. The van der Waals surface area contributed by atoms with Crippen molar-refractivity contribution in [2.45, 2.75) is 25.8 Å². The highest BCUT2D eigenvalue weighted by atomic mass is 16.5. The fraction of sp³-hybridized carbons (Fsp3) is 0.632. The van der Waals surface area contributed by atoms with Gasteiger partial charge < -0.3 is 19.9 Å². The number of methoxy groups -OCH3 is 1. The van der Waals surface area contributed by atoms with E-state index in [1.165, 1.54) is 37.9 Å². The van der Waals surface area contributed by atoms with Crippen molar-refractivity contribution in [1.29, 1.82) is 0 Å². The quantitative estimate of drug-likeness (QED) is 0.642. The fourth-order valence-electron chi connectivity index (χ4n) is 3.29. The summed E-state index contributed by atoms with van der Waals surface area (Å²) in [5.41, 5.74) is 1.17. The standard InChI is InChI=1S/C19H32N4O/c1-20-19(21-12-9-16-10-13-22(2)14-11-16)23(3)15-17-7-5-6-8-18(17)24-4/h5-8,16H,9-15H2,1-4H3,(H,20,21). The first-order valence-corrected chi connectivity index (χ1v) is 8.86. The maximum Gasteiger partial charge on any atom is 0.193 e. The third-order valence-corrected chi connectivity index (χ3v) is 4.85. The zero-order valence-electron chi connectivity index (χ0n) is 15.6. The van der Waals surface area contributed by atoms with E-state index >= 15 is 0 Å². The molecular weight excluding hydrogens is 300 g/mol. The Labute approximate surface area is 146 Å². The smallest absolute Gasteiger partial charge is 0.193 e. The van der Waals surface area contributed by atoms with Gasteiger partial charge in [-0.2, -0.15) is 0 Å². The van der Waals surface area contributed by atoms with E-state index in [1.54, 1.807) is 7.11 Å². The Bertz CT molecular complexity index is 524. The van der Waals surface area contributed by atoms with E-state index in [2.05, 4.69) is 40.3 Å². The first kappa shape index (κ1) is 18.6. The van der Waals surface area contributed by atoms with Crippen LogP contribution >= 0.6 is 0 Å². The number of nitrogens with one attached hydrogen (secondary N) is 1. The Morgan fingerprint density at radius 1 is 1.33 bits per heavy atom. The number of nitrogens with zero attached hydrogens (tertiary/aromatic N) is 3. The molecule has 1 aromatic carbocycles. The molecule has 0 bridgehead atoms. The Morgan fingerprint density at radius 2 is 2.04 bits per heavy atom. The van der Waals surface area contributed by atoms with E-state index in [0.717, 1.165) is 30.7 Å². The van der Waals surface area contributed by atoms with Gasteiger partial charge in [0.1, 0.15) is 5.75 Å². The number of guanidine groups is 1. The molecule has 2 rings (SSSR count). The first-order chi connectivity index (χ1) is 11.6. The molecule has 1 heterocycles. The van der Waals surface area contributed by atoms with Gasteiger partial charge in [0.2, 0.25) is 0 Å². The van der Waals surface area contributed by atoms with Crippen molar-refractivity contribution in [2.75, 3.05) is 47.9 Å². The van der Waals surface area contributed by atoms with E-state index in [1.807, 2.05) is 25.2 Å². The van der Waals surface area contributed by atoms with Gasteiger partial charge in [0.05, 0.1) is 7.11 Å². The molecule has 1 aliphatic rings. The third kappa shape index (κ3) is 5.41. The number of benzene rings is 1. The van der Waals surface area contributed by atoms with Crippen LogP contribution in [0.2, 0.25) is 0 Å². The molecule has 1 saturated heterocycles. The van der Waals surface area contributed by atoms with Crippen LogP contribution in [-0.4, -0.2) is 63.6 Å². The summed E-state index contributed by atoms with van der Waals surface area (Å²) in [7, 11) is 7.84. The van der Waals surface area contributed by atoms with Crippen LogP contribution in [-0.2, 0) is 6.54 Å². The molecule has 1 N–H and O–H groups in total. The molecule has 0 amide bonds. The second kappa shape index (κ2) is 9.52. The molecule has 0 atom stereocenters. The largest absolute Gasteiger partial charge is 0.496 e. The van der Waals surface area contributed by atoms with Crippen LogP contribution in [0.25, 0.3) is 0 Å². The van der Waals surface area contributed by atoms with Crippen molar-refractivity contribution >= 4 is 5.96 Å². The van der Waals surface area contributed by atoms with E-state index in [0.29, 0.717) is 0 Å². The zero-order valence-corrected chi connectivity index (χ0v) is 15.6. The second-order valence-electron chi connectivity index (χ2n) is 6.68. The van der Waals surface area contributed by atoms with Crippen LogP contribution in [0.4, 0.5) is 0 Å². The van der Waals surface area contributed by atoms with Crippen molar-refractivity contribution in [3.05, 3.63) is 29.8 Å². The fourth-order valence-corrected chi connectivity index (χ4v) is 3.29. The molecule has 0 radical (unpaired) electrons. The van der Waals surface area contributed by atoms with Gasteiger partial charge in [0.15, 0.2) is 5.96 Å². The molecule has 0 aliphatic carbocycles. The van der Waals surface area contributed by atoms with Crippen LogP contribution in [0.5, 0.6) is 5.75 Å². The highest BCUT2D eigenvalue weighted by Crippen LogP contribution is 2.20. The summed E-state index contributed by atoms with van der Waals surface area (Å²) in [4.78, 5) is 8.98. The molecule has 1 aliphatic heterocycles. The van der Waals surface area contributed by atoms with Crippen LogP contribution in [0.15, 0.2) is 29.3 Å². The molecule has 24 heavy (non-hydrogen) atoms. The SMILES string of the molecule is CN=C(NCCC1CCN(C)CC1)N(C)Cc1ccccc1OC. The molecule has 0 unspecified atom stereocenters. The van der Waals surface area contributed by atoms with Gasteiger partial charge in [0.25, 0.3) is 0 Å². The Balaban J connectivity index is 1.80. The molecule has 5 nitrogen and oxygen atoms in total. The summed E-state index contributed by atoms with van der Waals surface area (Å²) in [6.45, 7) is 4.22. The van der Waals surface area contributed by atoms with Crippen molar-refractivity contribution < 1.29 is 4.74 Å². The van der Waals surface area contributed by atoms with Gasteiger partial charge in [0, 0.05) is 32.7 Å². The van der Waals surface area contributed by atoms with Crippen LogP contribution in [0, 0.1) is 5.92 Å². The number of para-hydroxylation sites is 1. The van der Waals surface area contributed by atoms with Gasteiger partial charge in [-0.05, 0) is 51.4 Å². The molecule has 0 aromatic heterocycles. The maximum absolute atomic E-state index is 5.44. The van der Waals surface area contributed by atoms with Gasteiger partial charge in [-0.1, -0.05) is 18.2 Å². The highest BCUT2D eigenvalue weighted by Gasteiger charge is 2.16. The minimum Gasteiger partial charge on any atom is -0.496 e. The summed E-state index contributed by atoms with van der Waals surface area (Å²) in [6, 6.07) is 8.14. The third-order valence-electron chi connectivity index (χ3n) is 4.85. The number of ether oxygens (including phenoxy) is 1. The number of hydrogen-bond donors (Lipinski definition) is 1. The lowest BCUT2D eigenvalue weighted by atomic mass is 9.94. The molecule has 0 saturated carbocycles. The van der Waals surface area contributed by atoms with E-state index in [4.69, 9.17) is 4.74 Å². The summed E-state index contributed by atoms with van der Waals surface area (Å²) >= 11 is 0. The Morgan fingerprint density at radius 3 is 2.71 bits per heavy atom. The van der Waals surface area contributed by atoms with Crippen LogP contribution in [0.1, 0.15) is 24.8 Å². The second-order valence-corrected chi connectivity index (χ2v) is 6.68. The summed E-state index contributed by atoms with van der Waals surface area (Å²) < 4.78 is 5.44. The van der Waals surface area contributed by atoms with Gasteiger partial charge in [-0.25, -0.2) is 0 Å². The summed E-state index contributed by atoms with van der Waals surface area (Å²) in [6.07, 6.45) is 3.84. The van der Waals surface area contributed by atoms with E-state index in [-0.39, 0.29) is 0 Å². The van der Waals surface area contributed by atoms with Crippen molar-refractivity contribution in [2.24, 2.45) is 10.9 Å². The average Bonchev–Trinajstić information content (AvgIpc) is 2.60. The maximum atomic E-state index is 5.44. The molecular formula is C19H32N4O. The van der Waals surface area contributed by atoms with E-state index < -0.39 is 0 Å². The van der Waals surface area contributed by atoms with Crippen molar-refractivity contribution in [1.82, 2.24) is 15.1 Å². The van der Waals surface area contributed by atoms with Gasteiger partial charge in [-0.3, -0.25) is 4.99 Å². The van der Waals surface area contributed by atoms with Gasteiger partial charge in [-0.15, -0.1) is 0 Å². The van der Waals surface area contributed by atoms with Crippen LogP contribution < -0.4 is 10.1 Å². The first-order valence-electron chi connectivity index (χ1n) is 8.86. The number of aliphatic imine (C=N–C) groups is 1. The highest BCUT2D eigenvalue weighted by molar-refractivity contribution is 5.79. The van der Waals surface area contributed by atoms with E-state index in [9.17, 15) is 0 Å². The summed E-state index contributed by atoms with van der Waals surface area (Å²) in [5.74, 6) is 2.70.